The van der Waals surface area contributed by atoms with Crippen molar-refractivity contribution < 1.29 is 19.0 Å². The molecule has 0 aromatic rings. The molecule has 0 spiro atoms. The summed E-state index contributed by atoms with van der Waals surface area (Å²) in [6, 6.07) is 0.174. The highest BCUT2D eigenvalue weighted by Gasteiger charge is 2.28. The second-order valence-corrected chi connectivity index (χ2v) is 4.66. The van der Waals surface area contributed by atoms with E-state index < -0.39 is 0 Å². The van der Waals surface area contributed by atoms with Gasteiger partial charge in [-0.1, -0.05) is 6.92 Å². The second kappa shape index (κ2) is 8.45. The molecule has 0 amide bonds. The highest BCUT2D eigenvalue weighted by Crippen LogP contribution is 2.17. The van der Waals surface area contributed by atoms with Crippen LogP contribution in [-0.4, -0.2) is 63.5 Å². The van der Waals surface area contributed by atoms with Crippen molar-refractivity contribution in [2.75, 3.05) is 46.6 Å². The number of methoxy groups -OCH3 is 1. The molecule has 5 heteroatoms. The Bertz CT molecular complexity index is 241. The standard InChI is InChI=1S/C13H25NO4/c1-4-18-13(15)9-12(11(2)10-16-3)14-5-7-17-8-6-14/h11-12H,4-10H2,1-3H3. The van der Waals surface area contributed by atoms with Crippen molar-refractivity contribution in [1.29, 1.82) is 0 Å². The predicted octanol–water partition coefficient (Wildman–Crippen LogP) is 0.923. The summed E-state index contributed by atoms with van der Waals surface area (Å²) in [6.45, 7) is 8.26. The van der Waals surface area contributed by atoms with E-state index in [0.29, 0.717) is 25.6 Å². The van der Waals surface area contributed by atoms with Crippen LogP contribution in [0, 0.1) is 5.92 Å². The SMILES string of the molecule is CCOC(=O)CC(C(C)COC)N1CCOCC1. The topological polar surface area (TPSA) is 48.0 Å². The van der Waals surface area contributed by atoms with Gasteiger partial charge in [0.15, 0.2) is 0 Å². The maximum absolute atomic E-state index is 11.7. The van der Waals surface area contributed by atoms with E-state index in [0.717, 1.165) is 26.3 Å². The second-order valence-electron chi connectivity index (χ2n) is 4.66. The molecular weight excluding hydrogens is 234 g/mol. The minimum Gasteiger partial charge on any atom is -0.466 e. The lowest BCUT2D eigenvalue weighted by Gasteiger charge is -2.37. The number of rotatable bonds is 7. The van der Waals surface area contributed by atoms with Gasteiger partial charge in [-0.05, 0) is 12.8 Å². The van der Waals surface area contributed by atoms with Gasteiger partial charge in [0.05, 0.1) is 32.8 Å². The molecule has 1 rings (SSSR count). The lowest BCUT2D eigenvalue weighted by Crippen LogP contribution is -2.48. The minimum absolute atomic E-state index is 0.128. The summed E-state index contributed by atoms with van der Waals surface area (Å²) in [5.74, 6) is 0.175. The van der Waals surface area contributed by atoms with E-state index in [9.17, 15) is 4.79 Å². The van der Waals surface area contributed by atoms with Crippen molar-refractivity contribution in [1.82, 2.24) is 4.90 Å². The van der Waals surface area contributed by atoms with Crippen LogP contribution in [0.25, 0.3) is 0 Å². The molecule has 0 radical (unpaired) electrons. The highest BCUT2D eigenvalue weighted by molar-refractivity contribution is 5.70. The summed E-state index contributed by atoms with van der Waals surface area (Å²) >= 11 is 0. The van der Waals surface area contributed by atoms with E-state index in [2.05, 4.69) is 11.8 Å². The van der Waals surface area contributed by atoms with E-state index >= 15 is 0 Å². The van der Waals surface area contributed by atoms with Gasteiger partial charge in [0, 0.05) is 26.2 Å². The maximum Gasteiger partial charge on any atom is 0.307 e. The Morgan fingerprint density at radius 1 is 1.39 bits per heavy atom. The van der Waals surface area contributed by atoms with Crippen LogP contribution in [0.3, 0.4) is 0 Å². The van der Waals surface area contributed by atoms with Gasteiger partial charge in [0.2, 0.25) is 0 Å². The van der Waals surface area contributed by atoms with E-state index in [1.165, 1.54) is 0 Å². The fourth-order valence-electron chi connectivity index (χ4n) is 2.36. The van der Waals surface area contributed by atoms with E-state index in [4.69, 9.17) is 14.2 Å². The van der Waals surface area contributed by atoms with Crippen LogP contribution in [0.5, 0.6) is 0 Å². The molecular formula is C13H25NO4. The smallest absolute Gasteiger partial charge is 0.307 e. The summed E-state index contributed by atoms with van der Waals surface area (Å²) in [7, 11) is 1.69. The molecule has 18 heavy (non-hydrogen) atoms. The molecule has 2 unspecified atom stereocenters. The number of ether oxygens (including phenoxy) is 3. The number of nitrogens with zero attached hydrogens (tertiary/aromatic N) is 1. The van der Waals surface area contributed by atoms with Gasteiger partial charge >= 0.3 is 5.97 Å². The summed E-state index contributed by atoms with van der Waals surface area (Å²) in [6.07, 6.45) is 0.429. The molecule has 106 valence electrons. The first kappa shape index (κ1) is 15.4. The molecule has 1 aliphatic heterocycles. The Morgan fingerprint density at radius 3 is 2.61 bits per heavy atom. The fourth-order valence-corrected chi connectivity index (χ4v) is 2.36. The average Bonchev–Trinajstić information content (AvgIpc) is 2.37. The van der Waals surface area contributed by atoms with Crippen molar-refractivity contribution in [3.8, 4) is 0 Å². The number of carbonyl (C=O) groups excluding carboxylic acids is 1. The van der Waals surface area contributed by atoms with Crippen molar-refractivity contribution in [2.24, 2.45) is 5.92 Å². The molecule has 5 nitrogen and oxygen atoms in total. The summed E-state index contributed by atoms with van der Waals surface area (Å²) in [4.78, 5) is 14.0. The number of carbonyl (C=O) groups is 1. The number of esters is 1. The molecule has 0 aromatic carbocycles. The first-order valence-electron chi connectivity index (χ1n) is 6.65. The summed E-state index contributed by atoms with van der Waals surface area (Å²) in [5, 5.41) is 0. The Morgan fingerprint density at radius 2 is 2.06 bits per heavy atom. The van der Waals surface area contributed by atoms with Crippen molar-refractivity contribution in [3.63, 3.8) is 0 Å². The minimum atomic E-state index is -0.128. The lowest BCUT2D eigenvalue weighted by atomic mass is 9.97. The summed E-state index contributed by atoms with van der Waals surface area (Å²) < 4.78 is 15.6. The third kappa shape index (κ3) is 4.92. The molecule has 1 heterocycles. The van der Waals surface area contributed by atoms with Gasteiger partial charge in [-0.3, -0.25) is 9.69 Å². The average molecular weight is 259 g/mol. The summed E-state index contributed by atoms with van der Waals surface area (Å²) in [5.41, 5.74) is 0. The van der Waals surface area contributed by atoms with Crippen LogP contribution in [0.2, 0.25) is 0 Å². The number of morpholine rings is 1. The molecule has 0 aromatic heterocycles. The third-order valence-electron chi connectivity index (χ3n) is 3.28. The lowest BCUT2D eigenvalue weighted by molar-refractivity contribution is -0.146. The van der Waals surface area contributed by atoms with Crippen molar-refractivity contribution in [2.45, 2.75) is 26.3 Å². The van der Waals surface area contributed by atoms with Gasteiger partial charge in [0.1, 0.15) is 0 Å². The van der Waals surface area contributed by atoms with E-state index in [1.807, 2.05) is 6.92 Å². The zero-order valence-corrected chi connectivity index (χ0v) is 11.7. The van der Waals surface area contributed by atoms with Crippen molar-refractivity contribution >= 4 is 5.97 Å². The molecule has 0 aliphatic carbocycles. The number of hydrogen-bond acceptors (Lipinski definition) is 5. The van der Waals surface area contributed by atoms with Crippen LogP contribution in [0.1, 0.15) is 20.3 Å². The molecule has 1 aliphatic rings. The maximum atomic E-state index is 11.7. The largest absolute Gasteiger partial charge is 0.466 e. The monoisotopic (exact) mass is 259 g/mol. The van der Waals surface area contributed by atoms with Gasteiger partial charge in [-0.25, -0.2) is 0 Å². The normalized spacial score (nSPS) is 20.4. The molecule has 0 saturated carbocycles. The van der Waals surface area contributed by atoms with E-state index in [-0.39, 0.29) is 12.0 Å². The first-order chi connectivity index (χ1) is 8.69. The van der Waals surface area contributed by atoms with Gasteiger partial charge in [-0.2, -0.15) is 0 Å². The van der Waals surface area contributed by atoms with Crippen LogP contribution in [-0.2, 0) is 19.0 Å². The van der Waals surface area contributed by atoms with Crippen LogP contribution < -0.4 is 0 Å². The highest BCUT2D eigenvalue weighted by atomic mass is 16.5. The third-order valence-corrected chi connectivity index (χ3v) is 3.28. The van der Waals surface area contributed by atoms with Crippen LogP contribution >= 0.6 is 0 Å². The van der Waals surface area contributed by atoms with Crippen molar-refractivity contribution in [3.05, 3.63) is 0 Å². The Labute approximate surface area is 109 Å². The van der Waals surface area contributed by atoms with Gasteiger partial charge in [-0.15, -0.1) is 0 Å². The van der Waals surface area contributed by atoms with Crippen LogP contribution in [0.4, 0.5) is 0 Å². The molecule has 2 atom stereocenters. The van der Waals surface area contributed by atoms with Gasteiger partial charge in [0.25, 0.3) is 0 Å². The first-order valence-corrected chi connectivity index (χ1v) is 6.65. The Hall–Kier alpha value is -0.650. The molecule has 1 saturated heterocycles. The number of hydrogen-bond donors (Lipinski definition) is 0. The predicted molar refractivity (Wildman–Crippen MR) is 68.5 cm³/mol. The Kier molecular flexibility index (Phi) is 7.23. The molecule has 1 fully saturated rings. The zero-order valence-electron chi connectivity index (χ0n) is 11.7. The van der Waals surface area contributed by atoms with Gasteiger partial charge < -0.3 is 14.2 Å². The fraction of sp³-hybridized carbons (Fsp3) is 0.923. The van der Waals surface area contributed by atoms with Crippen LogP contribution in [0.15, 0.2) is 0 Å². The Balaban J connectivity index is 2.57. The molecule has 0 bridgehead atoms. The van der Waals surface area contributed by atoms with E-state index in [1.54, 1.807) is 7.11 Å². The molecule has 0 N–H and O–H groups in total. The zero-order chi connectivity index (χ0) is 13.4. The quantitative estimate of drug-likeness (QED) is 0.636.